The molecule has 1 aliphatic rings. The van der Waals surface area contributed by atoms with E-state index in [4.69, 9.17) is 10.00 Å². The second-order valence-corrected chi connectivity index (χ2v) is 7.90. The Morgan fingerprint density at radius 1 is 1.03 bits per heavy atom. The Bertz CT molecular complexity index is 1310. The summed E-state index contributed by atoms with van der Waals surface area (Å²) in [6.07, 6.45) is 3.92. The van der Waals surface area contributed by atoms with Crippen LogP contribution in [-0.2, 0) is 16.0 Å². The molecule has 4 rings (SSSR count). The van der Waals surface area contributed by atoms with E-state index in [0.717, 1.165) is 11.4 Å². The largest absolute Gasteiger partial charge is 0.381 e. The smallest absolute Gasteiger partial charge is 0.272 e. The van der Waals surface area contributed by atoms with E-state index in [9.17, 15) is 14.9 Å². The lowest BCUT2D eigenvalue weighted by Gasteiger charge is -2.35. The molecule has 1 aliphatic heterocycles. The number of nitrogens with zero attached hydrogens (tertiary/aromatic N) is 6. The highest BCUT2D eigenvalue weighted by Gasteiger charge is 2.21. The number of benzene rings is 1. The molecule has 34 heavy (non-hydrogen) atoms. The second kappa shape index (κ2) is 10.6. The van der Waals surface area contributed by atoms with Crippen LogP contribution in [0.1, 0.15) is 23.1 Å². The third-order valence-electron chi connectivity index (χ3n) is 5.81. The first kappa shape index (κ1) is 22.9. The highest BCUT2D eigenvalue weighted by molar-refractivity contribution is 5.85. The molecule has 0 atom stereocenters. The first-order valence-corrected chi connectivity index (χ1v) is 11.0. The summed E-state index contributed by atoms with van der Waals surface area (Å²) in [5.41, 5.74) is 1.41. The topological polar surface area (TPSA) is 139 Å². The van der Waals surface area contributed by atoms with Gasteiger partial charge in [0.05, 0.1) is 48.4 Å². The van der Waals surface area contributed by atoms with E-state index < -0.39 is 0 Å². The van der Waals surface area contributed by atoms with Gasteiger partial charge in [-0.1, -0.05) is 0 Å². The quantitative estimate of drug-likeness (QED) is 0.525. The number of aromatic amines is 1. The molecule has 3 heterocycles. The van der Waals surface area contributed by atoms with Gasteiger partial charge in [-0.05, 0) is 36.2 Å². The average molecular weight is 457 g/mol. The molecule has 0 radical (unpaired) electrons. The van der Waals surface area contributed by atoms with Crippen molar-refractivity contribution in [1.29, 1.82) is 10.5 Å². The number of anilines is 1. The number of hydrogen-bond acceptors (Lipinski definition) is 8. The zero-order valence-corrected chi connectivity index (χ0v) is 18.5. The number of aromatic nitrogens is 3. The molecule has 1 saturated heterocycles. The number of nitrogens with one attached hydrogen (secondary N) is 1. The summed E-state index contributed by atoms with van der Waals surface area (Å²) in [7, 11) is 0. The van der Waals surface area contributed by atoms with Gasteiger partial charge < -0.3 is 14.5 Å². The molecule has 1 amide bonds. The Hall–Kier alpha value is -4.28. The summed E-state index contributed by atoms with van der Waals surface area (Å²) >= 11 is 0. The van der Waals surface area contributed by atoms with Crippen LogP contribution >= 0.6 is 0 Å². The van der Waals surface area contributed by atoms with Crippen LogP contribution in [0.2, 0.25) is 0 Å². The van der Waals surface area contributed by atoms with Gasteiger partial charge in [0.1, 0.15) is 11.9 Å². The molecule has 172 valence electrons. The summed E-state index contributed by atoms with van der Waals surface area (Å²) in [6.45, 7) is 3.24. The minimum Gasteiger partial charge on any atom is -0.381 e. The van der Waals surface area contributed by atoms with Crippen LogP contribution < -0.4 is 10.5 Å². The van der Waals surface area contributed by atoms with Crippen molar-refractivity contribution in [3.05, 3.63) is 63.7 Å². The Labute approximate surface area is 196 Å². The number of amides is 1. The van der Waals surface area contributed by atoms with Crippen LogP contribution in [-0.4, -0.2) is 65.4 Å². The fourth-order valence-corrected chi connectivity index (χ4v) is 3.97. The molecule has 1 N–H and O–H groups in total. The third-order valence-corrected chi connectivity index (χ3v) is 5.81. The maximum absolute atomic E-state index is 12.5. The predicted molar refractivity (Wildman–Crippen MR) is 124 cm³/mol. The molecular formula is C24H23N7O3. The Kier molecular flexibility index (Phi) is 7.11. The van der Waals surface area contributed by atoms with E-state index in [1.165, 1.54) is 0 Å². The van der Waals surface area contributed by atoms with Crippen molar-refractivity contribution >= 4 is 22.5 Å². The van der Waals surface area contributed by atoms with Crippen LogP contribution in [0, 0.1) is 22.7 Å². The maximum atomic E-state index is 12.5. The van der Waals surface area contributed by atoms with Crippen molar-refractivity contribution in [3.8, 4) is 12.1 Å². The summed E-state index contributed by atoms with van der Waals surface area (Å²) in [4.78, 5) is 32.8. The molecule has 1 aromatic carbocycles. The molecule has 0 spiro atoms. The molecular weight excluding hydrogens is 434 g/mol. The molecule has 3 aromatic rings. The van der Waals surface area contributed by atoms with Gasteiger partial charge in [0, 0.05) is 37.8 Å². The Morgan fingerprint density at radius 2 is 1.82 bits per heavy atom. The van der Waals surface area contributed by atoms with Gasteiger partial charge >= 0.3 is 0 Å². The van der Waals surface area contributed by atoms with Gasteiger partial charge in [0.2, 0.25) is 5.91 Å². The summed E-state index contributed by atoms with van der Waals surface area (Å²) in [5, 5.41) is 25.5. The van der Waals surface area contributed by atoms with Gasteiger partial charge in [-0.25, -0.2) is 10.1 Å². The van der Waals surface area contributed by atoms with Crippen molar-refractivity contribution in [3.63, 3.8) is 0 Å². The number of nitriles is 2. The zero-order chi connectivity index (χ0) is 23.9. The zero-order valence-electron chi connectivity index (χ0n) is 18.5. The highest BCUT2D eigenvalue weighted by Crippen LogP contribution is 2.18. The molecule has 10 nitrogen and oxygen atoms in total. The Balaban J connectivity index is 1.23. The van der Waals surface area contributed by atoms with E-state index in [1.54, 1.807) is 30.6 Å². The van der Waals surface area contributed by atoms with E-state index in [2.05, 4.69) is 32.2 Å². The number of H-pyrrole nitrogens is 1. The number of pyridine rings is 1. The highest BCUT2D eigenvalue weighted by atomic mass is 16.5. The lowest BCUT2D eigenvalue weighted by Crippen LogP contribution is -2.49. The summed E-state index contributed by atoms with van der Waals surface area (Å²) in [5.74, 6) is 0.847. The average Bonchev–Trinajstić information content (AvgIpc) is 2.88. The summed E-state index contributed by atoms with van der Waals surface area (Å²) < 4.78 is 5.68. The number of rotatable bonds is 7. The first-order chi connectivity index (χ1) is 16.6. The second-order valence-electron chi connectivity index (χ2n) is 7.90. The number of piperazine rings is 1. The van der Waals surface area contributed by atoms with Crippen LogP contribution in [0.5, 0.6) is 0 Å². The SMILES string of the molecule is N#Cc1ccc(N2CCN(C(=O)CCOCCc3cc(C#N)cc4c(=O)[nH]ncc34)CC2)nc1. The van der Waals surface area contributed by atoms with Crippen LogP contribution in [0.3, 0.4) is 0 Å². The predicted octanol–water partition coefficient (Wildman–Crippen LogP) is 1.36. The number of ether oxygens (including phenoxy) is 1. The van der Waals surface area contributed by atoms with Crippen molar-refractivity contribution < 1.29 is 9.53 Å². The van der Waals surface area contributed by atoms with Crippen LogP contribution in [0.4, 0.5) is 5.82 Å². The van der Waals surface area contributed by atoms with Gasteiger partial charge in [-0.2, -0.15) is 15.6 Å². The van der Waals surface area contributed by atoms with Gasteiger partial charge in [0.15, 0.2) is 0 Å². The fraction of sp³-hybridized carbons (Fsp3) is 0.333. The lowest BCUT2D eigenvalue weighted by molar-refractivity contribution is -0.132. The molecule has 0 bridgehead atoms. The molecule has 1 fully saturated rings. The Morgan fingerprint density at radius 3 is 2.53 bits per heavy atom. The van der Waals surface area contributed by atoms with Crippen molar-refractivity contribution in [2.45, 2.75) is 12.8 Å². The van der Waals surface area contributed by atoms with E-state index in [-0.39, 0.29) is 17.9 Å². The van der Waals surface area contributed by atoms with E-state index in [1.807, 2.05) is 11.0 Å². The number of carbonyl (C=O) groups excluding carboxylic acids is 1. The third kappa shape index (κ3) is 5.20. The normalized spacial score (nSPS) is 13.5. The molecule has 0 saturated carbocycles. The van der Waals surface area contributed by atoms with Crippen molar-refractivity contribution in [1.82, 2.24) is 20.1 Å². The van der Waals surface area contributed by atoms with Gasteiger partial charge in [-0.15, -0.1) is 0 Å². The maximum Gasteiger partial charge on any atom is 0.272 e. The fourth-order valence-electron chi connectivity index (χ4n) is 3.97. The van der Waals surface area contributed by atoms with E-state index in [0.29, 0.717) is 67.7 Å². The molecule has 10 heteroatoms. The number of carbonyl (C=O) groups is 1. The molecule has 2 aromatic heterocycles. The van der Waals surface area contributed by atoms with Gasteiger partial charge in [-0.3, -0.25) is 9.59 Å². The van der Waals surface area contributed by atoms with E-state index >= 15 is 0 Å². The van der Waals surface area contributed by atoms with Crippen LogP contribution in [0.15, 0.2) is 41.5 Å². The van der Waals surface area contributed by atoms with Crippen molar-refractivity contribution in [2.24, 2.45) is 0 Å². The van der Waals surface area contributed by atoms with Crippen LogP contribution in [0.25, 0.3) is 10.8 Å². The monoisotopic (exact) mass is 457 g/mol. The lowest BCUT2D eigenvalue weighted by atomic mass is 10.0. The first-order valence-electron chi connectivity index (χ1n) is 11.0. The van der Waals surface area contributed by atoms with Crippen molar-refractivity contribution in [2.75, 3.05) is 44.3 Å². The summed E-state index contributed by atoms with van der Waals surface area (Å²) in [6, 6.07) is 11.0. The standard InChI is InChI=1S/C24H23N7O3/c25-13-17-1-2-22(27-15-17)30-5-7-31(8-6-30)23(32)4-10-34-9-3-19-11-18(14-26)12-20-21(19)16-28-29-24(20)33/h1-2,11-12,15-16H,3-10H2,(H,29,33). The minimum absolute atomic E-state index is 0.0418. The molecule has 0 aliphatic carbocycles. The van der Waals surface area contributed by atoms with Gasteiger partial charge in [0.25, 0.3) is 5.56 Å². The minimum atomic E-state index is -0.336. The number of hydrogen-bond donors (Lipinski definition) is 1. The number of fused-ring (bicyclic) bond motifs is 1. The molecule has 0 unspecified atom stereocenters.